The van der Waals surface area contributed by atoms with E-state index < -0.39 is 9.84 Å². The van der Waals surface area contributed by atoms with Gasteiger partial charge in [0.1, 0.15) is 0 Å². The summed E-state index contributed by atoms with van der Waals surface area (Å²) in [5.74, 6) is -0.211. The zero-order valence-corrected chi connectivity index (χ0v) is 15.1. The van der Waals surface area contributed by atoms with Gasteiger partial charge in [-0.1, -0.05) is 25.1 Å². The molecule has 0 aromatic heterocycles. The average Bonchev–Trinajstić information content (AvgIpc) is 2.61. The fraction of sp³-hybridized carbons (Fsp3) is 0.263. The molecule has 0 saturated carbocycles. The lowest BCUT2D eigenvalue weighted by Crippen LogP contribution is -2.31. The summed E-state index contributed by atoms with van der Waals surface area (Å²) in [6.45, 7) is 2.94. The number of carbonyl (C=O) groups excluding carboxylic acids is 1. The van der Waals surface area contributed by atoms with Crippen molar-refractivity contribution in [2.24, 2.45) is 0 Å². The maximum Gasteiger partial charge on any atom is 0.254 e. The van der Waals surface area contributed by atoms with E-state index in [1.165, 1.54) is 12.1 Å². The number of carbonyl (C=O) groups is 1. The molecule has 25 heavy (non-hydrogen) atoms. The Morgan fingerprint density at radius 3 is 2.40 bits per heavy atom. The van der Waals surface area contributed by atoms with Crippen LogP contribution >= 0.6 is 0 Å². The fourth-order valence-corrected chi connectivity index (χ4v) is 3.14. The van der Waals surface area contributed by atoms with E-state index in [4.69, 9.17) is 5.26 Å². The Morgan fingerprint density at radius 1 is 1.16 bits per heavy atom. The van der Waals surface area contributed by atoms with Crippen molar-refractivity contribution < 1.29 is 13.2 Å². The quantitative estimate of drug-likeness (QED) is 0.797. The van der Waals surface area contributed by atoms with Crippen molar-refractivity contribution in [1.82, 2.24) is 4.90 Å². The lowest BCUT2D eigenvalue weighted by molar-refractivity contribution is 0.0743. The van der Waals surface area contributed by atoms with Gasteiger partial charge in [0.2, 0.25) is 0 Å². The van der Waals surface area contributed by atoms with E-state index in [2.05, 4.69) is 6.07 Å². The monoisotopic (exact) mass is 356 g/mol. The first-order valence-corrected chi connectivity index (χ1v) is 9.82. The third-order valence-corrected chi connectivity index (χ3v) is 4.86. The summed E-state index contributed by atoms with van der Waals surface area (Å²) in [6.07, 6.45) is 1.91. The van der Waals surface area contributed by atoms with Crippen LogP contribution in [0.5, 0.6) is 0 Å². The van der Waals surface area contributed by atoms with Crippen molar-refractivity contribution in [2.45, 2.75) is 24.8 Å². The largest absolute Gasteiger partial charge is 0.334 e. The van der Waals surface area contributed by atoms with E-state index >= 15 is 0 Å². The van der Waals surface area contributed by atoms with Crippen LogP contribution in [0.3, 0.4) is 0 Å². The van der Waals surface area contributed by atoms with Gasteiger partial charge < -0.3 is 4.90 Å². The zero-order chi connectivity index (χ0) is 18.4. The van der Waals surface area contributed by atoms with E-state index in [1.807, 2.05) is 19.1 Å². The van der Waals surface area contributed by atoms with Gasteiger partial charge in [0.05, 0.1) is 16.5 Å². The lowest BCUT2D eigenvalue weighted by Gasteiger charge is -2.22. The van der Waals surface area contributed by atoms with E-state index in [9.17, 15) is 13.2 Å². The summed E-state index contributed by atoms with van der Waals surface area (Å²) >= 11 is 0. The summed E-state index contributed by atoms with van der Waals surface area (Å²) < 4.78 is 23.4. The first-order valence-electron chi connectivity index (χ1n) is 7.93. The van der Waals surface area contributed by atoms with Gasteiger partial charge in [0, 0.05) is 24.9 Å². The molecule has 0 aliphatic carbocycles. The SMILES string of the molecule is CCCN(Cc1ccc(C#N)cc1)C(=O)c1cccc(S(C)(=O)=O)c1. The average molecular weight is 356 g/mol. The third kappa shape index (κ3) is 4.91. The highest BCUT2D eigenvalue weighted by Gasteiger charge is 2.17. The molecular weight excluding hydrogens is 336 g/mol. The molecule has 5 nitrogen and oxygen atoms in total. The van der Waals surface area contributed by atoms with Crippen LogP contribution in [0.15, 0.2) is 53.4 Å². The molecule has 0 saturated heterocycles. The molecule has 0 bridgehead atoms. The van der Waals surface area contributed by atoms with Crippen LogP contribution in [0.25, 0.3) is 0 Å². The summed E-state index contributed by atoms with van der Waals surface area (Å²) in [6, 6.07) is 15.2. The van der Waals surface area contributed by atoms with Gasteiger partial charge in [-0.2, -0.15) is 5.26 Å². The summed E-state index contributed by atoms with van der Waals surface area (Å²) in [7, 11) is -3.36. The van der Waals surface area contributed by atoms with Crippen LogP contribution in [0.1, 0.15) is 34.8 Å². The number of sulfone groups is 1. The Balaban J connectivity index is 2.27. The number of nitrogens with zero attached hydrogens (tertiary/aromatic N) is 2. The lowest BCUT2D eigenvalue weighted by atomic mass is 10.1. The second-order valence-electron chi connectivity index (χ2n) is 5.84. The molecule has 130 valence electrons. The maximum absolute atomic E-state index is 12.8. The van der Waals surface area contributed by atoms with Crippen molar-refractivity contribution in [3.05, 3.63) is 65.2 Å². The molecular formula is C19H20N2O3S. The van der Waals surface area contributed by atoms with Gasteiger partial charge in [-0.25, -0.2) is 8.42 Å². The van der Waals surface area contributed by atoms with Crippen molar-refractivity contribution in [3.63, 3.8) is 0 Å². The van der Waals surface area contributed by atoms with Gasteiger partial charge in [-0.3, -0.25) is 4.79 Å². The summed E-state index contributed by atoms with van der Waals surface area (Å²) in [5.41, 5.74) is 1.84. The molecule has 0 fully saturated rings. The third-order valence-electron chi connectivity index (χ3n) is 3.75. The highest BCUT2D eigenvalue weighted by atomic mass is 32.2. The molecule has 0 unspecified atom stereocenters. The predicted molar refractivity (Wildman–Crippen MR) is 95.7 cm³/mol. The molecule has 2 aromatic rings. The van der Waals surface area contributed by atoms with Crippen LogP contribution in [0.2, 0.25) is 0 Å². The number of amides is 1. The molecule has 0 aliphatic rings. The molecule has 0 atom stereocenters. The highest BCUT2D eigenvalue weighted by Crippen LogP contribution is 2.16. The minimum absolute atomic E-state index is 0.133. The Kier molecular flexibility index (Phi) is 5.94. The topological polar surface area (TPSA) is 78.2 Å². The van der Waals surface area contributed by atoms with Crippen molar-refractivity contribution in [3.8, 4) is 6.07 Å². The molecule has 2 aromatic carbocycles. The number of benzene rings is 2. The smallest absolute Gasteiger partial charge is 0.254 e. The van der Waals surface area contributed by atoms with Crippen LogP contribution in [0.4, 0.5) is 0 Å². The Morgan fingerprint density at radius 2 is 1.84 bits per heavy atom. The van der Waals surface area contributed by atoms with Gasteiger partial charge in [0.15, 0.2) is 9.84 Å². The molecule has 0 spiro atoms. The fourth-order valence-electron chi connectivity index (χ4n) is 2.47. The van der Waals surface area contributed by atoms with E-state index in [0.29, 0.717) is 24.2 Å². The van der Waals surface area contributed by atoms with Crippen LogP contribution in [-0.4, -0.2) is 32.0 Å². The number of hydrogen-bond acceptors (Lipinski definition) is 4. The molecule has 0 heterocycles. The van der Waals surface area contributed by atoms with E-state index in [0.717, 1.165) is 18.2 Å². The van der Waals surface area contributed by atoms with Gasteiger partial charge in [-0.05, 0) is 42.3 Å². The molecule has 0 aliphatic heterocycles. The summed E-state index contributed by atoms with van der Waals surface area (Å²) in [4.78, 5) is 14.6. The summed E-state index contributed by atoms with van der Waals surface area (Å²) in [5, 5.41) is 8.86. The first kappa shape index (κ1) is 18.7. The van der Waals surface area contributed by atoms with E-state index in [1.54, 1.807) is 29.2 Å². The zero-order valence-electron chi connectivity index (χ0n) is 14.3. The predicted octanol–water partition coefficient (Wildman–Crippen LogP) is 3.01. The van der Waals surface area contributed by atoms with Crippen molar-refractivity contribution in [1.29, 1.82) is 5.26 Å². The molecule has 2 rings (SSSR count). The Labute approximate surface area is 148 Å². The second-order valence-corrected chi connectivity index (χ2v) is 7.85. The van der Waals surface area contributed by atoms with Crippen LogP contribution < -0.4 is 0 Å². The highest BCUT2D eigenvalue weighted by molar-refractivity contribution is 7.90. The van der Waals surface area contributed by atoms with Gasteiger partial charge in [-0.15, -0.1) is 0 Å². The Hall–Kier alpha value is -2.65. The second kappa shape index (κ2) is 7.95. The first-order chi connectivity index (χ1) is 11.8. The minimum atomic E-state index is -3.36. The van der Waals surface area contributed by atoms with Crippen molar-refractivity contribution >= 4 is 15.7 Å². The Bertz CT molecular complexity index is 897. The number of nitriles is 1. The number of rotatable bonds is 6. The standard InChI is InChI=1S/C19H20N2O3S/c1-3-11-21(14-16-9-7-15(13-20)8-10-16)19(22)17-5-4-6-18(12-17)25(2,23)24/h4-10,12H,3,11,14H2,1-2H3. The minimum Gasteiger partial charge on any atom is -0.334 e. The van der Waals surface area contributed by atoms with Crippen molar-refractivity contribution in [2.75, 3.05) is 12.8 Å². The maximum atomic E-state index is 12.8. The molecule has 0 radical (unpaired) electrons. The normalized spacial score (nSPS) is 10.9. The van der Waals surface area contributed by atoms with Crippen LogP contribution in [0, 0.1) is 11.3 Å². The molecule has 0 N–H and O–H groups in total. The molecule has 1 amide bonds. The van der Waals surface area contributed by atoms with Gasteiger partial charge in [0.25, 0.3) is 5.91 Å². The van der Waals surface area contributed by atoms with E-state index in [-0.39, 0.29) is 10.8 Å². The molecule has 6 heteroatoms. The number of hydrogen-bond donors (Lipinski definition) is 0. The van der Waals surface area contributed by atoms with Crippen LogP contribution in [-0.2, 0) is 16.4 Å². The van der Waals surface area contributed by atoms with Gasteiger partial charge >= 0.3 is 0 Å².